The molecule has 0 saturated heterocycles. The van der Waals surface area contributed by atoms with Gasteiger partial charge < -0.3 is 0 Å². The standard InChI is InChI=1S/C6H9NO2S/c1-4-7-5-6(2)10(3,8)9/h4-5H,1-2H2,3H3. The van der Waals surface area contributed by atoms with Gasteiger partial charge in [0.1, 0.15) is 0 Å². The maximum atomic E-state index is 10.6. The zero-order valence-corrected chi connectivity index (χ0v) is 6.56. The number of nitrogens with zero attached hydrogens (tertiary/aromatic N) is 1. The van der Waals surface area contributed by atoms with Crippen LogP contribution in [0.4, 0.5) is 0 Å². The van der Waals surface area contributed by atoms with Crippen molar-refractivity contribution in [3.8, 4) is 0 Å². The topological polar surface area (TPSA) is 46.5 Å². The average Bonchev–Trinajstić information content (AvgIpc) is 1.80. The lowest BCUT2D eigenvalue weighted by Crippen LogP contribution is -1.99. The molecule has 0 aromatic heterocycles. The average molecular weight is 159 g/mol. The molecular formula is C6H9NO2S. The van der Waals surface area contributed by atoms with Gasteiger partial charge in [-0.15, -0.1) is 0 Å². The van der Waals surface area contributed by atoms with E-state index in [0.29, 0.717) is 0 Å². The number of allylic oxidation sites excluding steroid dienone is 1. The van der Waals surface area contributed by atoms with E-state index in [9.17, 15) is 8.42 Å². The smallest absolute Gasteiger partial charge is 0.176 e. The van der Waals surface area contributed by atoms with Gasteiger partial charge in [0.2, 0.25) is 0 Å². The second-order valence-electron chi connectivity index (χ2n) is 1.70. The maximum Gasteiger partial charge on any atom is 0.176 e. The van der Waals surface area contributed by atoms with Crippen LogP contribution in [0.3, 0.4) is 0 Å². The molecule has 0 heterocycles. The minimum atomic E-state index is -3.17. The predicted octanol–water partition coefficient (Wildman–Crippen LogP) is 0.759. The molecule has 0 atom stereocenters. The Balaban J connectivity index is 4.42. The first-order valence-electron chi connectivity index (χ1n) is 2.51. The first-order valence-corrected chi connectivity index (χ1v) is 4.40. The van der Waals surface area contributed by atoms with Crippen LogP contribution >= 0.6 is 0 Å². The van der Waals surface area contributed by atoms with Gasteiger partial charge in [-0.3, -0.25) is 4.99 Å². The van der Waals surface area contributed by atoms with Gasteiger partial charge in [-0.25, -0.2) is 8.42 Å². The monoisotopic (exact) mass is 159 g/mol. The van der Waals surface area contributed by atoms with Gasteiger partial charge in [0.25, 0.3) is 0 Å². The zero-order chi connectivity index (χ0) is 8.20. The quantitative estimate of drug-likeness (QED) is 0.571. The van der Waals surface area contributed by atoms with Crippen molar-refractivity contribution in [2.45, 2.75) is 0 Å². The summed E-state index contributed by atoms with van der Waals surface area (Å²) in [4.78, 5) is 3.49. The summed E-state index contributed by atoms with van der Waals surface area (Å²) in [5.41, 5.74) is 0. The molecule has 0 aromatic carbocycles. The van der Waals surface area contributed by atoms with Crippen LogP contribution in [0.1, 0.15) is 0 Å². The Morgan fingerprint density at radius 3 is 2.40 bits per heavy atom. The van der Waals surface area contributed by atoms with Gasteiger partial charge in [-0.05, 0) is 0 Å². The molecule has 0 N–H and O–H groups in total. The van der Waals surface area contributed by atoms with E-state index < -0.39 is 9.84 Å². The van der Waals surface area contributed by atoms with E-state index in [2.05, 4.69) is 18.2 Å². The summed E-state index contributed by atoms with van der Waals surface area (Å²) in [5, 5.41) is 0. The molecule has 0 fully saturated rings. The molecule has 56 valence electrons. The van der Waals surface area contributed by atoms with Crippen LogP contribution in [0.25, 0.3) is 0 Å². The highest BCUT2D eigenvalue weighted by molar-refractivity contribution is 7.95. The number of aliphatic imine (C=N–C) groups is 1. The normalized spacial score (nSPS) is 11.7. The highest BCUT2D eigenvalue weighted by Gasteiger charge is 2.03. The Hall–Kier alpha value is -0.900. The van der Waals surface area contributed by atoms with Gasteiger partial charge >= 0.3 is 0 Å². The molecule has 0 radical (unpaired) electrons. The van der Waals surface area contributed by atoms with Gasteiger partial charge in [0.05, 0.1) is 4.91 Å². The van der Waals surface area contributed by atoms with E-state index in [1.54, 1.807) is 0 Å². The van der Waals surface area contributed by atoms with E-state index >= 15 is 0 Å². The molecule has 0 amide bonds. The van der Waals surface area contributed by atoms with E-state index in [4.69, 9.17) is 0 Å². The molecule has 10 heavy (non-hydrogen) atoms. The highest BCUT2D eigenvalue weighted by atomic mass is 32.2. The summed E-state index contributed by atoms with van der Waals surface area (Å²) in [6.07, 6.45) is 3.48. The molecular weight excluding hydrogens is 150 g/mol. The molecule has 0 bridgehead atoms. The lowest BCUT2D eigenvalue weighted by Gasteiger charge is -1.90. The number of hydrogen-bond acceptors (Lipinski definition) is 3. The third-order valence-corrected chi connectivity index (χ3v) is 1.86. The summed E-state index contributed by atoms with van der Waals surface area (Å²) < 4.78 is 21.2. The van der Waals surface area contributed by atoms with Crippen molar-refractivity contribution in [2.24, 2.45) is 4.99 Å². The minimum absolute atomic E-state index is 0.00704. The van der Waals surface area contributed by atoms with Crippen molar-refractivity contribution in [3.05, 3.63) is 24.3 Å². The van der Waals surface area contributed by atoms with Crippen molar-refractivity contribution in [1.82, 2.24) is 0 Å². The summed E-state index contributed by atoms with van der Waals surface area (Å²) in [6, 6.07) is 0. The molecule has 0 aliphatic carbocycles. The second kappa shape index (κ2) is 3.31. The Bertz CT molecular complexity index is 261. The molecule has 3 nitrogen and oxygen atoms in total. The Kier molecular flexibility index (Phi) is 3.02. The summed E-state index contributed by atoms with van der Waals surface area (Å²) in [6.45, 7) is 6.56. The van der Waals surface area contributed by atoms with Crippen molar-refractivity contribution in [1.29, 1.82) is 0 Å². The number of hydrogen-bond donors (Lipinski definition) is 0. The van der Waals surface area contributed by atoms with Crippen LogP contribution in [0.2, 0.25) is 0 Å². The third kappa shape index (κ3) is 3.19. The van der Waals surface area contributed by atoms with Gasteiger partial charge in [-0.1, -0.05) is 13.2 Å². The van der Waals surface area contributed by atoms with Crippen molar-refractivity contribution in [3.63, 3.8) is 0 Å². The van der Waals surface area contributed by atoms with Crippen LogP contribution in [-0.4, -0.2) is 20.9 Å². The van der Waals surface area contributed by atoms with Crippen LogP contribution in [0.15, 0.2) is 29.3 Å². The predicted molar refractivity (Wildman–Crippen MR) is 42.7 cm³/mol. The van der Waals surface area contributed by atoms with E-state index in [0.717, 1.165) is 12.5 Å². The van der Waals surface area contributed by atoms with E-state index in [1.165, 1.54) is 6.20 Å². The summed E-state index contributed by atoms with van der Waals surface area (Å²) in [5.74, 6) is 0. The number of sulfone groups is 1. The van der Waals surface area contributed by atoms with Crippen molar-refractivity contribution < 1.29 is 8.42 Å². The molecule has 0 aliphatic heterocycles. The number of rotatable bonds is 3. The Labute approximate surface area is 60.7 Å². The minimum Gasteiger partial charge on any atom is -0.264 e. The van der Waals surface area contributed by atoms with Crippen LogP contribution < -0.4 is 0 Å². The third-order valence-electron chi connectivity index (χ3n) is 0.800. The summed E-state index contributed by atoms with van der Waals surface area (Å²) >= 11 is 0. The van der Waals surface area contributed by atoms with Crippen molar-refractivity contribution in [2.75, 3.05) is 6.26 Å². The molecule has 4 heteroatoms. The first-order chi connectivity index (χ1) is 4.48. The lowest BCUT2D eigenvalue weighted by molar-refractivity contribution is 0.609. The SMILES string of the molecule is C=CN=CC(=C)S(C)(=O)=O. The molecule has 0 aliphatic rings. The van der Waals surface area contributed by atoms with E-state index in [-0.39, 0.29) is 4.91 Å². The molecule has 0 saturated carbocycles. The zero-order valence-electron chi connectivity index (χ0n) is 5.74. The van der Waals surface area contributed by atoms with Crippen LogP contribution in [-0.2, 0) is 9.84 Å². The van der Waals surface area contributed by atoms with Gasteiger partial charge in [0, 0.05) is 18.7 Å². The Morgan fingerprint density at radius 1 is 1.60 bits per heavy atom. The fraction of sp³-hybridized carbons (Fsp3) is 0.167. The largest absolute Gasteiger partial charge is 0.264 e. The highest BCUT2D eigenvalue weighted by Crippen LogP contribution is 1.95. The fourth-order valence-electron chi connectivity index (χ4n) is 0.232. The Morgan fingerprint density at radius 2 is 2.10 bits per heavy atom. The summed E-state index contributed by atoms with van der Waals surface area (Å²) in [7, 11) is -3.17. The lowest BCUT2D eigenvalue weighted by atomic mass is 10.7. The maximum absolute atomic E-state index is 10.6. The van der Waals surface area contributed by atoms with Gasteiger partial charge in [0.15, 0.2) is 9.84 Å². The van der Waals surface area contributed by atoms with Gasteiger partial charge in [-0.2, -0.15) is 0 Å². The van der Waals surface area contributed by atoms with Crippen LogP contribution in [0, 0.1) is 0 Å². The molecule has 0 spiro atoms. The second-order valence-corrected chi connectivity index (χ2v) is 3.77. The molecule has 0 aromatic rings. The molecule has 0 unspecified atom stereocenters. The van der Waals surface area contributed by atoms with E-state index in [1.807, 2.05) is 0 Å². The van der Waals surface area contributed by atoms with Crippen molar-refractivity contribution >= 4 is 16.1 Å². The molecule has 0 rings (SSSR count). The van der Waals surface area contributed by atoms with Crippen LogP contribution in [0.5, 0.6) is 0 Å². The first kappa shape index (κ1) is 9.10. The fourth-order valence-corrected chi connectivity index (χ4v) is 0.484.